The van der Waals surface area contributed by atoms with Crippen LogP contribution in [0.2, 0.25) is 5.02 Å². The molecule has 1 aromatic heterocycles. The number of fused-ring (bicyclic) bond motifs is 1. The highest BCUT2D eigenvalue weighted by atomic mass is 35.5. The monoisotopic (exact) mass is 444 g/mol. The smallest absolute Gasteiger partial charge is 0.221 e. The number of halogens is 1. The Labute approximate surface area is 195 Å². The molecule has 4 rings (SSSR count). The first kappa shape index (κ1) is 22.2. The molecule has 0 fully saturated rings. The highest BCUT2D eigenvalue weighted by Gasteiger charge is 2.23. The van der Waals surface area contributed by atoms with Crippen molar-refractivity contribution in [1.82, 2.24) is 9.88 Å². The van der Waals surface area contributed by atoms with Crippen LogP contribution in [0.15, 0.2) is 85.1 Å². The number of carbonyl (C=O) groups is 1. The van der Waals surface area contributed by atoms with Crippen molar-refractivity contribution in [2.45, 2.75) is 38.1 Å². The van der Waals surface area contributed by atoms with Gasteiger partial charge < -0.3 is 9.88 Å². The summed E-state index contributed by atoms with van der Waals surface area (Å²) >= 11 is 6.14. The van der Waals surface area contributed by atoms with Crippen molar-refractivity contribution in [3.63, 3.8) is 0 Å². The number of rotatable bonds is 8. The number of hydrogen-bond acceptors (Lipinski definition) is 1. The quantitative estimate of drug-likeness (QED) is 0.331. The molecular weight excluding hydrogens is 416 g/mol. The molecule has 0 aliphatic carbocycles. The minimum Gasteiger partial charge on any atom is -0.354 e. The van der Waals surface area contributed by atoms with Crippen LogP contribution in [0.3, 0.4) is 0 Å². The SMILES string of the molecule is C[C@H](CCc1ccccc1)NC(=O)C[C@H](c1ccc(Cl)cc1)c1cn(C)c2ccccc12. The fourth-order valence-electron chi connectivity index (χ4n) is 4.37. The van der Waals surface area contributed by atoms with Crippen LogP contribution in [-0.4, -0.2) is 16.5 Å². The number of amides is 1. The fraction of sp³-hybridized carbons (Fsp3) is 0.250. The molecule has 2 atom stereocenters. The highest BCUT2D eigenvalue weighted by molar-refractivity contribution is 6.30. The van der Waals surface area contributed by atoms with Crippen LogP contribution in [0.5, 0.6) is 0 Å². The van der Waals surface area contributed by atoms with Gasteiger partial charge in [0.1, 0.15) is 0 Å². The first-order valence-electron chi connectivity index (χ1n) is 11.1. The Hall–Kier alpha value is -3.04. The molecule has 1 amide bonds. The van der Waals surface area contributed by atoms with E-state index in [0.29, 0.717) is 11.4 Å². The largest absolute Gasteiger partial charge is 0.354 e. The maximum absolute atomic E-state index is 13.1. The van der Waals surface area contributed by atoms with Crippen LogP contribution in [0.25, 0.3) is 10.9 Å². The number of hydrogen-bond donors (Lipinski definition) is 1. The lowest BCUT2D eigenvalue weighted by Crippen LogP contribution is -2.33. The minimum absolute atomic E-state index is 0.0420. The Balaban J connectivity index is 1.53. The predicted octanol–water partition coefficient (Wildman–Crippen LogP) is 6.49. The molecule has 0 bridgehead atoms. The average molecular weight is 445 g/mol. The zero-order valence-electron chi connectivity index (χ0n) is 18.6. The third-order valence-corrected chi connectivity index (χ3v) is 6.33. The molecule has 32 heavy (non-hydrogen) atoms. The average Bonchev–Trinajstić information content (AvgIpc) is 3.14. The molecule has 0 spiro atoms. The molecule has 0 unspecified atom stereocenters. The zero-order chi connectivity index (χ0) is 22.5. The number of carbonyl (C=O) groups excluding carboxylic acids is 1. The molecule has 0 aliphatic heterocycles. The second kappa shape index (κ2) is 10.1. The summed E-state index contributed by atoms with van der Waals surface area (Å²) in [6.07, 6.45) is 4.41. The van der Waals surface area contributed by atoms with Crippen LogP contribution in [0.4, 0.5) is 0 Å². The summed E-state index contributed by atoms with van der Waals surface area (Å²) in [5.74, 6) is 0.0261. The molecule has 4 aromatic rings. The first-order valence-corrected chi connectivity index (χ1v) is 11.5. The van der Waals surface area contributed by atoms with Gasteiger partial charge in [-0.05, 0) is 54.7 Å². The van der Waals surface area contributed by atoms with E-state index in [0.717, 1.165) is 29.5 Å². The summed E-state index contributed by atoms with van der Waals surface area (Å²) in [5, 5.41) is 5.09. The molecule has 3 nitrogen and oxygen atoms in total. The Bertz CT molecular complexity index is 1180. The van der Waals surface area contributed by atoms with E-state index in [4.69, 9.17) is 11.6 Å². The van der Waals surface area contributed by atoms with Crippen LogP contribution in [0, 0.1) is 0 Å². The molecule has 3 aromatic carbocycles. The van der Waals surface area contributed by atoms with E-state index in [9.17, 15) is 4.79 Å². The van der Waals surface area contributed by atoms with Crippen LogP contribution >= 0.6 is 11.6 Å². The standard InChI is InChI=1S/C28H29ClN2O/c1-20(12-13-21-8-4-3-5-9-21)30-28(32)18-25(22-14-16-23(29)17-15-22)26-19-31(2)27-11-7-6-10-24(26)27/h3-11,14-17,19-20,25H,12-13,18H2,1-2H3,(H,30,32)/t20-,25-/m1/s1. The third-order valence-electron chi connectivity index (χ3n) is 6.08. The Morgan fingerprint density at radius 1 is 0.969 bits per heavy atom. The number of aryl methyl sites for hydroxylation is 2. The number of nitrogens with one attached hydrogen (secondary N) is 1. The normalized spacial score (nSPS) is 13.1. The van der Waals surface area contributed by atoms with Crippen molar-refractivity contribution < 1.29 is 4.79 Å². The molecule has 164 valence electrons. The van der Waals surface area contributed by atoms with Gasteiger partial charge in [0.15, 0.2) is 0 Å². The summed E-state index contributed by atoms with van der Waals surface area (Å²) in [7, 11) is 2.05. The lowest BCUT2D eigenvalue weighted by atomic mass is 9.88. The van der Waals surface area contributed by atoms with Gasteiger partial charge in [-0.3, -0.25) is 4.79 Å². The van der Waals surface area contributed by atoms with E-state index in [2.05, 4.69) is 72.5 Å². The van der Waals surface area contributed by atoms with Crippen molar-refractivity contribution in [2.24, 2.45) is 7.05 Å². The van der Waals surface area contributed by atoms with Gasteiger partial charge in [-0.2, -0.15) is 0 Å². The lowest BCUT2D eigenvalue weighted by Gasteiger charge is -2.20. The van der Waals surface area contributed by atoms with Crippen molar-refractivity contribution in [1.29, 1.82) is 0 Å². The van der Waals surface area contributed by atoms with Gasteiger partial charge in [-0.15, -0.1) is 0 Å². The molecule has 0 radical (unpaired) electrons. The fourth-order valence-corrected chi connectivity index (χ4v) is 4.50. The summed E-state index contributed by atoms with van der Waals surface area (Å²) in [6.45, 7) is 2.08. The highest BCUT2D eigenvalue weighted by Crippen LogP contribution is 2.35. The van der Waals surface area contributed by atoms with E-state index >= 15 is 0 Å². The van der Waals surface area contributed by atoms with Crippen LogP contribution < -0.4 is 5.32 Å². The lowest BCUT2D eigenvalue weighted by molar-refractivity contribution is -0.121. The van der Waals surface area contributed by atoms with Gasteiger partial charge in [-0.25, -0.2) is 0 Å². The summed E-state index contributed by atoms with van der Waals surface area (Å²) in [6, 6.07) is 26.7. The zero-order valence-corrected chi connectivity index (χ0v) is 19.3. The topological polar surface area (TPSA) is 34.0 Å². The van der Waals surface area contributed by atoms with E-state index < -0.39 is 0 Å². The first-order chi connectivity index (χ1) is 15.5. The van der Waals surface area contributed by atoms with Gasteiger partial charge >= 0.3 is 0 Å². The van der Waals surface area contributed by atoms with Gasteiger partial charge in [0.2, 0.25) is 5.91 Å². The minimum atomic E-state index is -0.0420. The van der Waals surface area contributed by atoms with Crippen LogP contribution in [0.1, 0.15) is 42.4 Å². The van der Waals surface area contributed by atoms with E-state index in [-0.39, 0.29) is 17.9 Å². The van der Waals surface area contributed by atoms with E-state index in [1.165, 1.54) is 10.9 Å². The molecule has 4 heteroatoms. The molecule has 0 saturated heterocycles. The molecule has 1 N–H and O–H groups in total. The Morgan fingerprint density at radius 2 is 1.66 bits per heavy atom. The molecule has 1 heterocycles. The van der Waals surface area contributed by atoms with Gasteiger partial charge in [0, 0.05) is 47.6 Å². The second-order valence-electron chi connectivity index (χ2n) is 8.51. The summed E-state index contributed by atoms with van der Waals surface area (Å²) in [5.41, 5.74) is 4.72. The van der Waals surface area contributed by atoms with E-state index in [1.807, 2.05) is 36.4 Å². The van der Waals surface area contributed by atoms with Crippen molar-refractivity contribution >= 4 is 28.4 Å². The van der Waals surface area contributed by atoms with Gasteiger partial charge in [0.25, 0.3) is 0 Å². The number of aromatic nitrogens is 1. The van der Waals surface area contributed by atoms with Crippen LogP contribution in [-0.2, 0) is 18.3 Å². The van der Waals surface area contributed by atoms with E-state index in [1.54, 1.807) is 0 Å². The molecule has 0 aliphatic rings. The van der Waals surface area contributed by atoms with Crippen molar-refractivity contribution in [3.05, 3.63) is 107 Å². The molecular formula is C28H29ClN2O. The predicted molar refractivity (Wildman–Crippen MR) is 133 cm³/mol. The number of nitrogens with zero attached hydrogens (tertiary/aromatic N) is 1. The summed E-state index contributed by atoms with van der Waals surface area (Å²) in [4.78, 5) is 13.1. The van der Waals surface area contributed by atoms with Gasteiger partial charge in [-0.1, -0.05) is 72.3 Å². The van der Waals surface area contributed by atoms with Crippen molar-refractivity contribution in [3.8, 4) is 0 Å². The maximum Gasteiger partial charge on any atom is 0.221 e. The second-order valence-corrected chi connectivity index (χ2v) is 8.95. The number of benzene rings is 3. The third kappa shape index (κ3) is 5.23. The number of para-hydroxylation sites is 1. The Morgan fingerprint density at radius 3 is 2.41 bits per heavy atom. The van der Waals surface area contributed by atoms with Crippen molar-refractivity contribution in [2.75, 3.05) is 0 Å². The molecule has 0 saturated carbocycles. The maximum atomic E-state index is 13.1. The van der Waals surface area contributed by atoms with Gasteiger partial charge in [0.05, 0.1) is 0 Å². The summed E-state index contributed by atoms with van der Waals surface area (Å²) < 4.78 is 2.13. The Kier molecular flexibility index (Phi) is 6.96.